The van der Waals surface area contributed by atoms with E-state index in [1.807, 2.05) is 0 Å². The van der Waals surface area contributed by atoms with Crippen molar-refractivity contribution in [3.05, 3.63) is 72.3 Å². The molecule has 31 heavy (non-hydrogen) atoms. The molecule has 0 unspecified atom stereocenters. The molecule has 1 aromatic heterocycles. The molecule has 3 aromatic carbocycles. The van der Waals surface area contributed by atoms with Gasteiger partial charge < -0.3 is 20.1 Å². The van der Waals surface area contributed by atoms with Crippen molar-refractivity contribution in [1.82, 2.24) is 15.0 Å². The first-order valence-electron chi connectivity index (χ1n) is 9.22. The Kier molecular flexibility index (Phi) is 5.19. The number of rotatable bonds is 4. The minimum atomic E-state index is -0.518. The lowest BCUT2D eigenvalue weighted by Gasteiger charge is -2.11. The molecule has 0 atom stereocenters. The molecule has 4 aromatic rings. The summed E-state index contributed by atoms with van der Waals surface area (Å²) in [6.07, 6.45) is 0. The Morgan fingerprint density at radius 3 is 2.06 bits per heavy atom. The van der Waals surface area contributed by atoms with Gasteiger partial charge in [-0.15, -0.1) is 0 Å². The monoisotopic (exact) mass is 415 g/mol. The first-order chi connectivity index (χ1) is 15.0. The van der Waals surface area contributed by atoms with Gasteiger partial charge in [-0.05, 0) is 36.4 Å². The normalized spacial score (nSPS) is 10.6. The Balaban J connectivity index is 1.97. The van der Waals surface area contributed by atoms with Gasteiger partial charge in [-0.1, -0.05) is 30.3 Å². The highest BCUT2D eigenvalue weighted by Gasteiger charge is 2.19. The average Bonchev–Trinajstić information content (AvgIpc) is 2.78. The van der Waals surface area contributed by atoms with Crippen LogP contribution < -0.4 is 0 Å². The Morgan fingerprint density at radius 2 is 1.35 bits per heavy atom. The van der Waals surface area contributed by atoms with Gasteiger partial charge in [0.15, 0.2) is 17.5 Å². The van der Waals surface area contributed by atoms with Gasteiger partial charge in [-0.2, -0.15) is 0 Å². The number of phenols is 3. The molecule has 0 saturated carbocycles. The number of hydrogen-bond donors (Lipinski definition) is 3. The number of carbonyl (C=O) groups is 1. The number of esters is 1. The van der Waals surface area contributed by atoms with Crippen LogP contribution in [0.5, 0.6) is 17.2 Å². The van der Waals surface area contributed by atoms with E-state index in [0.717, 1.165) is 0 Å². The van der Waals surface area contributed by atoms with E-state index in [-0.39, 0.29) is 40.3 Å². The molecule has 4 rings (SSSR count). The van der Waals surface area contributed by atoms with Crippen LogP contribution in [-0.4, -0.2) is 43.4 Å². The fourth-order valence-electron chi connectivity index (χ4n) is 3.06. The van der Waals surface area contributed by atoms with E-state index in [1.54, 1.807) is 42.5 Å². The van der Waals surface area contributed by atoms with E-state index in [0.29, 0.717) is 16.7 Å². The highest BCUT2D eigenvalue weighted by atomic mass is 16.5. The largest absolute Gasteiger partial charge is 0.507 e. The van der Waals surface area contributed by atoms with Crippen molar-refractivity contribution in [1.29, 1.82) is 0 Å². The van der Waals surface area contributed by atoms with Crippen LogP contribution in [0.3, 0.4) is 0 Å². The van der Waals surface area contributed by atoms with Gasteiger partial charge in [0.1, 0.15) is 22.8 Å². The van der Waals surface area contributed by atoms with Crippen LogP contribution in [0.4, 0.5) is 0 Å². The molecule has 0 aliphatic rings. The van der Waals surface area contributed by atoms with Crippen LogP contribution in [0.15, 0.2) is 66.7 Å². The highest BCUT2D eigenvalue weighted by Crippen LogP contribution is 2.37. The van der Waals surface area contributed by atoms with Gasteiger partial charge in [0.25, 0.3) is 0 Å². The SMILES string of the molecule is COC(=O)c1cccc(-c2nc(-c3ccccc3O)nc(-c3c(O)cccc3O)n2)c1. The molecule has 1 heterocycles. The van der Waals surface area contributed by atoms with Crippen LogP contribution in [0, 0.1) is 0 Å². The minimum absolute atomic E-state index is 0.00215. The summed E-state index contributed by atoms with van der Waals surface area (Å²) in [5.74, 6) is -0.693. The van der Waals surface area contributed by atoms with Gasteiger partial charge in [0, 0.05) is 5.56 Å². The first kappa shape index (κ1) is 19.8. The molecule has 0 spiro atoms. The Labute approximate surface area is 177 Å². The Morgan fingerprint density at radius 1 is 0.742 bits per heavy atom. The van der Waals surface area contributed by atoms with Crippen molar-refractivity contribution in [3.8, 4) is 51.4 Å². The number of phenolic OH excluding ortho intramolecular Hbond substituents is 3. The van der Waals surface area contributed by atoms with Crippen molar-refractivity contribution in [3.63, 3.8) is 0 Å². The molecule has 0 bridgehead atoms. The summed E-state index contributed by atoms with van der Waals surface area (Å²) in [6, 6.07) is 17.3. The number of benzene rings is 3. The van der Waals surface area contributed by atoms with Gasteiger partial charge >= 0.3 is 5.97 Å². The molecular weight excluding hydrogens is 398 g/mol. The number of hydrogen-bond acceptors (Lipinski definition) is 8. The van der Waals surface area contributed by atoms with E-state index < -0.39 is 5.97 Å². The quantitative estimate of drug-likeness (QED) is 0.430. The van der Waals surface area contributed by atoms with Gasteiger partial charge in [0.2, 0.25) is 0 Å². The molecule has 0 saturated heterocycles. The van der Waals surface area contributed by atoms with Crippen molar-refractivity contribution in [2.75, 3.05) is 7.11 Å². The second-order valence-electron chi connectivity index (χ2n) is 6.57. The van der Waals surface area contributed by atoms with Crippen molar-refractivity contribution < 1.29 is 24.9 Å². The number of aromatic nitrogens is 3. The van der Waals surface area contributed by atoms with Crippen LogP contribution >= 0.6 is 0 Å². The third kappa shape index (κ3) is 3.86. The predicted octanol–water partition coefficient (Wildman–Crippen LogP) is 3.78. The number of ether oxygens (including phenoxy) is 1. The predicted molar refractivity (Wildman–Crippen MR) is 112 cm³/mol. The van der Waals surface area contributed by atoms with E-state index >= 15 is 0 Å². The number of methoxy groups -OCH3 is 1. The maximum Gasteiger partial charge on any atom is 0.337 e. The molecule has 0 radical (unpaired) electrons. The zero-order valence-electron chi connectivity index (χ0n) is 16.4. The van der Waals surface area contributed by atoms with Crippen molar-refractivity contribution in [2.24, 2.45) is 0 Å². The first-order valence-corrected chi connectivity index (χ1v) is 9.22. The smallest absolute Gasteiger partial charge is 0.337 e. The minimum Gasteiger partial charge on any atom is -0.507 e. The highest BCUT2D eigenvalue weighted by molar-refractivity contribution is 5.90. The summed E-state index contributed by atoms with van der Waals surface area (Å²) in [5, 5.41) is 30.9. The number of nitrogens with zero attached hydrogens (tertiary/aromatic N) is 3. The average molecular weight is 415 g/mol. The second kappa shape index (κ2) is 8.11. The third-order valence-electron chi connectivity index (χ3n) is 4.57. The molecule has 0 aliphatic carbocycles. The van der Waals surface area contributed by atoms with Gasteiger partial charge in [-0.25, -0.2) is 19.7 Å². The summed E-state index contributed by atoms with van der Waals surface area (Å²) in [6.45, 7) is 0. The molecule has 154 valence electrons. The molecule has 0 amide bonds. The van der Waals surface area contributed by atoms with E-state index in [9.17, 15) is 20.1 Å². The van der Waals surface area contributed by atoms with E-state index in [2.05, 4.69) is 15.0 Å². The summed E-state index contributed by atoms with van der Waals surface area (Å²) in [4.78, 5) is 25.1. The molecule has 0 aliphatic heterocycles. The summed E-state index contributed by atoms with van der Waals surface area (Å²) in [5.41, 5.74) is 1.15. The third-order valence-corrected chi connectivity index (χ3v) is 4.57. The van der Waals surface area contributed by atoms with Crippen molar-refractivity contribution in [2.45, 2.75) is 0 Å². The number of para-hydroxylation sites is 1. The lowest BCUT2D eigenvalue weighted by molar-refractivity contribution is 0.0600. The maximum absolute atomic E-state index is 11.9. The van der Waals surface area contributed by atoms with Crippen LogP contribution in [0.25, 0.3) is 34.2 Å². The second-order valence-corrected chi connectivity index (χ2v) is 6.57. The fraction of sp³-hybridized carbons (Fsp3) is 0.0435. The Bertz CT molecular complexity index is 1270. The van der Waals surface area contributed by atoms with Crippen LogP contribution in [-0.2, 0) is 4.74 Å². The van der Waals surface area contributed by atoms with Crippen molar-refractivity contribution >= 4 is 5.97 Å². The van der Waals surface area contributed by atoms with Gasteiger partial charge in [-0.3, -0.25) is 0 Å². The van der Waals surface area contributed by atoms with Crippen LogP contribution in [0.1, 0.15) is 10.4 Å². The molecule has 8 heteroatoms. The molecule has 3 N–H and O–H groups in total. The topological polar surface area (TPSA) is 126 Å². The van der Waals surface area contributed by atoms with Gasteiger partial charge in [0.05, 0.1) is 18.2 Å². The zero-order chi connectivity index (χ0) is 22.0. The van der Waals surface area contributed by atoms with E-state index in [4.69, 9.17) is 4.74 Å². The molecular formula is C23H17N3O5. The maximum atomic E-state index is 11.9. The molecule has 8 nitrogen and oxygen atoms in total. The fourth-order valence-corrected chi connectivity index (χ4v) is 3.06. The molecule has 0 fully saturated rings. The van der Waals surface area contributed by atoms with Crippen LogP contribution in [0.2, 0.25) is 0 Å². The lowest BCUT2D eigenvalue weighted by atomic mass is 10.1. The summed E-state index contributed by atoms with van der Waals surface area (Å²) in [7, 11) is 1.29. The number of carbonyl (C=O) groups excluding carboxylic acids is 1. The standard InChI is InChI=1S/C23H17N3O5/c1-31-23(30)14-7-4-6-13(12-14)20-24-21(15-8-2-3-9-16(15)27)26-22(25-20)19-17(28)10-5-11-18(19)29/h2-12,27-29H,1H3. The summed E-state index contributed by atoms with van der Waals surface area (Å²) >= 11 is 0. The summed E-state index contributed by atoms with van der Waals surface area (Å²) < 4.78 is 4.77. The number of aromatic hydroxyl groups is 3. The van der Waals surface area contributed by atoms with E-state index in [1.165, 1.54) is 31.4 Å². The lowest BCUT2D eigenvalue weighted by Crippen LogP contribution is -2.03. The Hall–Kier alpha value is -4.46. The zero-order valence-corrected chi connectivity index (χ0v) is 16.4.